The number of anilines is 1. The molecule has 0 spiro atoms. The quantitative estimate of drug-likeness (QED) is 0.107. The first-order valence-corrected chi connectivity index (χ1v) is 15.3. The molecule has 2 aromatic rings. The summed E-state index contributed by atoms with van der Waals surface area (Å²) >= 11 is 6.12. The smallest absolute Gasteiger partial charge is 0.415 e. The van der Waals surface area contributed by atoms with Gasteiger partial charge in [-0.2, -0.15) is 0 Å². The van der Waals surface area contributed by atoms with Crippen molar-refractivity contribution >= 4 is 84.7 Å². The minimum Gasteiger partial charge on any atom is -0.444 e. The van der Waals surface area contributed by atoms with E-state index < -0.39 is 51.9 Å². The monoisotopic (exact) mass is 738 g/mol. The topological polar surface area (TPSA) is 115 Å². The minimum atomic E-state index is -0.925. The molecular weight excluding hydrogens is 710 g/mol. The maximum absolute atomic E-state index is 15.5. The minimum absolute atomic E-state index is 0.0428. The van der Waals surface area contributed by atoms with Gasteiger partial charge in [0.05, 0.1) is 21.5 Å². The van der Waals surface area contributed by atoms with Crippen LogP contribution in [0.5, 0.6) is 0 Å². The highest BCUT2D eigenvalue weighted by Gasteiger charge is 2.60. The maximum Gasteiger partial charge on any atom is 0.415 e. The Labute approximate surface area is 251 Å². The van der Waals surface area contributed by atoms with Crippen molar-refractivity contribution in [3.05, 3.63) is 30.0 Å². The summed E-state index contributed by atoms with van der Waals surface area (Å²) in [6, 6.07) is 0.458. The second-order valence-corrected chi connectivity index (χ2v) is 14.2. The third kappa shape index (κ3) is 5.65. The number of benzene rings is 1. The lowest BCUT2D eigenvalue weighted by atomic mass is 9.78. The van der Waals surface area contributed by atoms with Crippen molar-refractivity contribution in [2.45, 2.75) is 76.3 Å². The second-order valence-electron chi connectivity index (χ2n) is 11.5. The normalized spacial score (nSPS) is 20.6. The van der Waals surface area contributed by atoms with Gasteiger partial charge in [-0.3, -0.25) is 15.0 Å². The summed E-state index contributed by atoms with van der Waals surface area (Å²) in [5, 5.41) is 12.6. The van der Waals surface area contributed by atoms with E-state index in [2.05, 4.69) is 20.9 Å². The van der Waals surface area contributed by atoms with Crippen LogP contribution in [0.1, 0.15) is 48.0 Å². The molecule has 2 aliphatic heterocycles. The van der Waals surface area contributed by atoms with Gasteiger partial charge in [-0.1, -0.05) is 0 Å². The molecule has 2 saturated heterocycles. The molecule has 39 heavy (non-hydrogen) atoms. The predicted octanol–water partition coefficient (Wildman–Crippen LogP) is 7.12. The molecule has 14 heteroatoms. The number of carbonyl (C=O) groups excluding carboxylic acids is 2. The second kappa shape index (κ2) is 10.5. The summed E-state index contributed by atoms with van der Waals surface area (Å²) in [5.41, 5.74) is -2.28. The molecule has 1 aromatic heterocycles. The van der Waals surface area contributed by atoms with Gasteiger partial charge in [0.1, 0.15) is 22.4 Å². The van der Waals surface area contributed by atoms with E-state index in [4.69, 9.17) is 9.47 Å². The van der Waals surface area contributed by atoms with Crippen molar-refractivity contribution in [3.63, 3.8) is 0 Å². The van der Waals surface area contributed by atoms with Gasteiger partial charge in [-0.15, -0.1) is 11.8 Å². The highest BCUT2D eigenvalue weighted by atomic mass is 127. The lowest BCUT2D eigenvalue weighted by molar-refractivity contribution is -0.387. The Bertz CT molecular complexity index is 1380. The molecule has 10 nitrogen and oxygen atoms in total. The number of nitro groups is 1. The van der Waals surface area contributed by atoms with Gasteiger partial charge in [0.25, 0.3) is 0 Å². The number of ether oxygens (including phenoxy) is 2. The van der Waals surface area contributed by atoms with Crippen LogP contribution in [-0.4, -0.2) is 63.1 Å². The average Bonchev–Trinajstić information content (AvgIpc) is 3.38. The molecule has 3 heterocycles. The fourth-order valence-corrected chi connectivity index (χ4v) is 6.38. The van der Waals surface area contributed by atoms with Crippen molar-refractivity contribution in [1.29, 1.82) is 0 Å². The molecule has 1 unspecified atom stereocenters. The molecule has 2 bridgehead atoms. The van der Waals surface area contributed by atoms with Crippen molar-refractivity contribution in [3.8, 4) is 0 Å². The van der Waals surface area contributed by atoms with Crippen molar-refractivity contribution in [2.24, 2.45) is 5.92 Å². The van der Waals surface area contributed by atoms with Crippen molar-refractivity contribution < 1.29 is 28.4 Å². The van der Waals surface area contributed by atoms with E-state index in [1.165, 1.54) is 4.90 Å². The van der Waals surface area contributed by atoms with Gasteiger partial charge in [0.15, 0.2) is 10.8 Å². The summed E-state index contributed by atoms with van der Waals surface area (Å²) in [7, 11) is 0. The molecule has 5 rings (SSSR count). The zero-order valence-corrected chi connectivity index (χ0v) is 27.1. The highest BCUT2D eigenvalue weighted by molar-refractivity contribution is 14.1. The third-order valence-corrected chi connectivity index (χ3v) is 9.46. The fraction of sp³-hybridized carbons (Fsp3) is 0.560. The molecular formula is C25H29BrFIN4O6S. The van der Waals surface area contributed by atoms with Gasteiger partial charge in [0, 0.05) is 21.4 Å². The molecule has 1 aliphatic carbocycles. The molecule has 1 saturated carbocycles. The first kappa shape index (κ1) is 30.0. The van der Waals surface area contributed by atoms with Crippen LogP contribution in [0.2, 0.25) is 0 Å². The molecule has 1 aromatic carbocycles. The number of hydrogen-bond donors (Lipinski definition) is 0. The zero-order chi connectivity index (χ0) is 29.2. The third-order valence-electron chi connectivity index (χ3n) is 6.42. The van der Waals surface area contributed by atoms with Crippen LogP contribution in [0.4, 0.5) is 25.4 Å². The number of aromatic nitrogens is 1. The molecule has 3 fully saturated rings. The molecule has 0 radical (unpaired) electrons. The number of thioether (sulfide) groups is 1. The Morgan fingerprint density at radius 1 is 1.26 bits per heavy atom. The summed E-state index contributed by atoms with van der Waals surface area (Å²) in [6.07, 6.45) is 0.839. The van der Waals surface area contributed by atoms with E-state index in [-0.39, 0.29) is 32.0 Å². The van der Waals surface area contributed by atoms with Gasteiger partial charge in [-0.05, 0) is 98.8 Å². The van der Waals surface area contributed by atoms with Gasteiger partial charge in [0.2, 0.25) is 0 Å². The van der Waals surface area contributed by atoms with Crippen LogP contribution in [0.15, 0.2) is 15.6 Å². The van der Waals surface area contributed by atoms with E-state index in [1.807, 2.05) is 22.6 Å². The molecule has 0 N–H and O–H groups in total. The highest BCUT2D eigenvalue weighted by Crippen LogP contribution is 2.51. The Morgan fingerprint density at radius 3 is 2.41 bits per heavy atom. The number of hydrogen-bond acceptors (Lipinski definition) is 8. The van der Waals surface area contributed by atoms with E-state index in [9.17, 15) is 19.7 Å². The first-order chi connectivity index (χ1) is 17.9. The average molecular weight is 739 g/mol. The van der Waals surface area contributed by atoms with Crippen molar-refractivity contribution in [1.82, 2.24) is 9.88 Å². The standard InChI is InChI=1S/C25H29BrFIN4O6S/c1-24(2,3)37-22(33)30-10-11-8-14(30)18(11)31(23(34)38-25(4,5)6)19-12-9-13(28)15(26)16(27)17(12)29-21(39-7)20(19)32(35)36/h9,11,14,18H,8,10H2,1-7H3/t11-,14-,18?/m1/s1. The number of pyridine rings is 1. The van der Waals surface area contributed by atoms with Crippen LogP contribution in [0.25, 0.3) is 10.9 Å². The Balaban J connectivity index is 1.97. The Morgan fingerprint density at radius 2 is 1.87 bits per heavy atom. The summed E-state index contributed by atoms with van der Waals surface area (Å²) in [6.45, 7) is 10.7. The zero-order valence-electron chi connectivity index (χ0n) is 22.5. The summed E-state index contributed by atoms with van der Waals surface area (Å²) in [4.78, 5) is 45.9. The van der Waals surface area contributed by atoms with E-state index >= 15 is 4.39 Å². The number of amides is 2. The molecule has 3 aliphatic rings. The lowest BCUT2D eigenvalue weighted by Gasteiger charge is -2.44. The number of rotatable bonds is 4. The van der Waals surface area contributed by atoms with Crippen LogP contribution < -0.4 is 4.90 Å². The van der Waals surface area contributed by atoms with Crippen molar-refractivity contribution in [2.75, 3.05) is 17.7 Å². The lowest BCUT2D eigenvalue weighted by Crippen LogP contribution is -2.58. The van der Waals surface area contributed by atoms with Crippen LogP contribution in [0, 0.1) is 25.4 Å². The maximum atomic E-state index is 15.5. The SMILES string of the molecule is CSc1nc2c(F)c(Br)c(I)cc2c(N(C(=O)OC(C)(C)C)C2[C@@H]3C[C@H]2N(C(=O)OC(C)(C)C)C3)c1[N+](=O)[O-]. The predicted molar refractivity (Wildman–Crippen MR) is 158 cm³/mol. The number of halogens is 3. The fourth-order valence-electron chi connectivity index (χ4n) is 4.99. The first-order valence-electron chi connectivity index (χ1n) is 12.2. The van der Waals surface area contributed by atoms with E-state index in [0.717, 1.165) is 11.8 Å². The van der Waals surface area contributed by atoms with Gasteiger partial charge in [-0.25, -0.2) is 19.0 Å². The summed E-state index contributed by atoms with van der Waals surface area (Å²) < 4.78 is 27.5. The van der Waals surface area contributed by atoms with E-state index in [0.29, 0.717) is 16.5 Å². The Kier molecular flexibility index (Phi) is 8.06. The number of nitrogens with zero attached hydrogens (tertiary/aromatic N) is 4. The summed E-state index contributed by atoms with van der Waals surface area (Å²) in [5.74, 6) is -0.880. The molecule has 2 amide bonds. The van der Waals surface area contributed by atoms with Crippen LogP contribution in [0.3, 0.4) is 0 Å². The molecule has 212 valence electrons. The largest absolute Gasteiger partial charge is 0.444 e. The number of carbonyl (C=O) groups is 2. The number of fused-ring (bicyclic) bond motifs is 2. The van der Waals surface area contributed by atoms with Gasteiger partial charge < -0.3 is 14.4 Å². The van der Waals surface area contributed by atoms with Gasteiger partial charge >= 0.3 is 17.9 Å². The van der Waals surface area contributed by atoms with E-state index in [1.54, 1.807) is 58.8 Å². The van der Waals surface area contributed by atoms with Crippen LogP contribution in [-0.2, 0) is 9.47 Å². The van der Waals surface area contributed by atoms with Crippen LogP contribution >= 0.6 is 50.3 Å². The molecule has 3 atom stereocenters. The Hall–Kier alpha value is -1.94.